The summed E-state index contributed by atoms with van der Waals surface area (Å²) in [6.07, 6.45) is 3.16. The summed E-state index contributed by atoms with van der Waals surface area (Å²) in [7, 11) is 1.65. The molecular formula is C22H20N6O2. The number of carbonyl (C=O) groups excluding carboxylic acids is 1. The van der Waals surface area contributed by atoms with Gasteiger partial charge < -0.3 is 15.6 Å². The molecule has 30 heavy (non-hydrogen) atoms. The minimum atomic E-state index is -0.191. The summed E-state index contributed by atoms with van der Waals surface area (Å²) in [5, 5.41) is 3.64. The fourth-order valence-corrected chi connectivity index (χ4v) is 3.10. The molecule has 0 bridgehead atoms. The molecule has 0 unspecified atom stereocenters. The number of ketones is 1. The fraction of sp³-hybridized carbons (Fsp3) is 0.136. The average Bonchev–Trinajstić information content (AvgIpc) is 2.75. The summed E-state index contributed by atoms with van der Waals surface area (Å²) in [6.45, 7) is 1.94. The second-order valence-electron chi connectivity index (χ2n) is 6.99. The van der Waals surface area contributed by atoms with Gasteiger partial charge in [-0.15, -0.1) is 0 Å². The average molecular weight is 400 g/mol. The van der Waals surface area contributed by atoms with Crippen molar-refractivity contribution < 1.29 is 4.79 Å². The van der Waals surface area contributed by atoms with Crippen LogP contribution in [0.25, 0.3) is 22.2 Å². The lowest BCUT2D eigenvalue weighted by Gasteiger charge is -2.12. The Morgan fingerprint density at radius 3 is 2.57 bits per heavy atom. The van der Waals surface area contributed by atoms with E-state index in [1.807, 2.05) is 18.2 Å². The molecule has 8 heteroatoms. The van der Waals surface area contributed by atoms with Crippen LogP contribution in [0.4, 0.5) is 11.6 Å². The molecule has 0 radical (unpaired) electrons. The van der Waals surface area contributed by atoms with Crippen LogP contribution < -0.4 is 16.6 Å². The van der Waals surface area contributed by atoms with E-state index in [9.17, 15) is 9.59 Å². The van der Waals surface area contributed by atoms with Gasteiger partial charge in [0.05, 0.1) is 17.5 Å². The van der Waals surface area contributed by atoms with Crippen LogP contribution in [0.5, 0.6) is 0 Å². The zero-order valence-electron chi connectivity index (χ0n) is 16.6. The largest absolute Gasteiger partial charge is 0.384 e. The van der Waals surface area contributed by atoms with Crippen LogP contribution >= 0.6 is 0 Å². The highest BCUT2D eigenvalue weighted by Gasteiger charge is 2.13. The standard InChI is InChI=1S/C22H20N6O2/c1-13(29)15-4-6-16(7-5-15)17-9-18-20(22(30)28(2)12-26-18)21(27-17)25-11-14-3-8-19(23)24-10-14/h3-10,12H,11H2,1-2H3,(H2,23,24)(H,25,27). The number of pyridine rings is 2. The molecule has 0 spiro atoms. The van der Waals surface area contributed by atoms with Crippen molar-refractivity contribution in [1.82, 2.24) is 19.5 Å². The van der Waals surface area contributed by atoms with Crippen molar-refractivity contribution in [1.29, 1.82) is 0 Å². The first-order valence-electron chi connectivity index (χ1n) is 9.34. The summed E-state index contributed by atoms with van der Waals surface area (Å²) >= 11 is 0. The normalized spacial score (nSPS) is 10.9. The number of Topliss-reactive ketones (excluding diaryl/α,β-unsaturated/α-hetero) is 1. The maximum atomic E-state index is 12.7. The smallest absolute Gasteiger partial charge is 0.264 e. The van der Waals surface area contributed by atoms with E-state index in [-0.39, 0.29) is 11.3 Å². The van der Waals surface area contributed by atoms with Crippen LogP contribution in [0.2, 0.25) is 0 Å². The second kappa shape index (κ2) is 7.75. The van der Waals surface area contributed by atoms with Gasteiger partial charge in [0.1, 0.15) is 17.0 Å². The Kier molecular flexibility index (Phi) is 4.97. The van der Waals surface area contributed by atoms with Gasteiger partial charge in [-0.2, -0.15) is 0 Å². The number of aromatic nitrogens is 4. The molecule has 0 aliphatic rings. The minimum Gasteiger partial charge on any atom is -0.384 e. The van der Waals surface area contributed by atoms with Gasteiger partial charge in [0.25, 0.3) is 5.56 Å². The summed E-state index contributed by atoms with van der Waals surface area (Å²) in [6, 6.07) is 12.5. The Balaban J connectivity index is 1.79. The molecule has 1 aromatic carbocycles. The van der Waals surface area contributed by atoms with E-state index in [2.05, 4.69) is 20.3 Å². The maximum Gasteiger partial charge on any atom is 0.264 e. The van der Waals surface area contributed by atoms with E-state index < -0.39 is 0 Å². The van der Waals surface area contributed by atoms with Crippen molar-refractivity contribution in [3.8, 4) is 11.3 Å². The number of rotatable bonds is 5. The SMILES string of the molecule is CC(=O)c1ccc(-c2cc3ncn(C)c(=O)c3c(NCc3ccc(N)nc3)n2)cc1. The van der Waals surface area contributed by atoms with Crippen LogP contribution in [-0.2, 0) is 13.6 Å². The van der Waals surface area contributed by atoms with Crippen molar-refractivity contribution in [3.63, 3.8) is 0 Å². The van der Waals surface area contributed by atoms with Crippen LogP contribution in [0.3, 0.4) is 0 Å². The highest BCUT2D eigenvalue weighted by molar-refractivity contribution is 5.95. The molecule has 0 saturated carbocycles. The number of nitrogens with two attached hydrogens (primary N) is 1. The highest BCUT2D eigenvalue weighted by Crippen LogP contribution is 2.25. The second-order valence-corrected chi connectivity index (χ2v) is 6.99. The monoisotopic (exact) mass is 400 g/mol. The van der Waals surface area contributed by atoms with Crippen LogP contribution in [0, 0.1) is 0 Å². The number of nitrogens with one attached hydrogen (secondary N) is 1. The fourth-order valence-electron chi connectivity index (χ4n) is 3.10. The van der Waals surface area contributed by atoms with Crippen LogP contribution in [0.15, 0.2) is 59.8 Å². The molecular weight excluding hydrogens is 380 g/mol. The number of fused-ring (bicyclic) bond motifs is 1. The zero-order chi connectivity index (χ0) is 21.3. The lowest BCUT2D eigenvalue weighted by Crippen LogP contribution is -2.19. The highest BCUT2D eigenvalue weighted by atomic mass is 16.1. The number of aryl methyl sites for hydroxylation is 1. The van der Waals surface area contributed by atoms with E-state index >= 15 is 0 Å². The molecule has 3 aromatic heterocycles. The van der Waals surface area contributed by atoms with E-state index in [4.69, 9.17) is 5.73 Å². The first-order chi connectivity index (χ1) is 14.4. The number of carbonyl (C=O) groups is 1. The Labute approximate surface area is 172 Å². The lowest BCUT2D eigenvalue weighted by atomic mass is 10.1. The lowest BCUT2D eigenvalue weighted by molar-refractivity contribution is 0.101. The molecule has 3 heterocycles. The first-order valence-corrected chi connectivity index (χ1v) is 9.34. The van der Waals surface area contributed by atoms with Crippen molar-refractivity contribution in [2.75, 3.05) is 11.1 Å². The van der Waals surface area contributed by atoms with Crippen molar-refractivity contribution in [2.24, 2.45) is 7.05 Å². The van der Waals surface area contributed by atoms with Crippen molar-refractivity contribution in [2.45, 2.75) is 13.5 Å². The molecule has 4 aromatic rings. The van der Waals surface area contributed by atoms with Gasteiger partial charge in [-0.05, 0) is 24.6 Å². The van der Waals surface area contributed by atoms with E-state index in [1.54, 1.807) is 37.5 Å². The number of benzene rings is 1. The molecule has 8 nitrogen and oxygen atoms in total. The predicted molar refractivity (Wildman–Crippen MR) is 116 cm³/mol. The number of nitrogens with zero attached hydrogens (tertiary/aromatic N) is 4. The number of anilines is 2. The summed E-state index contributed by atoms with van der Waals surface area (Å²) < 4.78 is 1.42. The van der Waals surface area contributed by atoms with Gasteiger partial charge in [0, 0.05) is 30.9 Å². The minimum absolute atomic E-state index is 0.00218. The van der Waals surface area contributed by atoms with Crippen LogP contribution in [-0.4, -0.2) is 25.3 Å². The molecule has 3 N–H and O–H groups in total. The van der Waals surface area contributed by atoms with Crippen molar-refractivity contribution >= 4 is 28.3 Å². The summed E-state index contributed by atoms with van der Waals surface area (Å²) in [5.41, 5.74) is 8.98. The van der Waals surface area contributed by atoms with Gasteiger partial charge in [0.15, 0.2) is 5.78 Å². The van der Waals surface area contributed by atoms with Crippen LogP contribution in [0.1, 0.15) is 22.8 Å². The quantitative estimate of drug-likeness (QED) is 0.495. The van der Waals surface area contributed by atoms with Crippen molar-refractivity contribution in [3.05, 3.63) is 76.5 Å². The molecule has 0 aliphatic carbocycles. The predicted octanol–water partition coefficient (Wildman–Crippen LogP) is 2.79. The molecule has 0 fully saturated rings. The third-order valence-electron chi connectivity index (χ3n) is 4.80. The van der Waals surface area contributed by atoms with Gasteiger partial charge >= 0.3 is 0 Å². The number of hydrogen-bond acceptors (Lipinski definition) is 7. The van der Waals surface area contributed by atoms with Gasteiger partial charge in [0.2, 0.25) is 0 Å². The maximum absolute atomic E-state index is 12.7. The van der Waals surface area contributed by atoms with Gasteiger partial charge in [-0.1, -0.05) is 30.3 Å². The Bertz CT molecular complexity index is 1290. The van der Waals surface area contributed by atoms with Gasteiger partial charge in [-0.25, -0.2) is 15.0 Å². The Hall–Kier alpha value is -4.07. The first kappa shape index (κ1) is 19.3. The summed E-state index contributed by atoms with van der Waals surface area (Å²) in [4.78, 5) is 37.5. The topological polar surface area (TPSA) is 116 Å². The molecule has 0 aliphatic heterocycles. The molecule has 0 atom stereocenters. The van der Waals surface area contributed by atoms with E-state index in [0.29, 0.717) is 40.3 Å². The zero-order valence-corrected chi connectivity index (χ0v) is 16.6. The van der Waals surface area contributed by atoms with E-state index in [0.717, 1.165) is 11.1 Å². The molecule has 4 rings (SSSR count). The van der Waals surface area contributed by atoms with Gasteiger partial charge in [-0.3, -0.25) is 9.59 Å². The Morgan fingerprint density at radius 2 is 1.90 bits per heavy atom. The third-order valence-corrected chi connectivity index (χ3v) is 4.80. The molecule has 150 valence electrons. The van der Waals surface area contributed by atoms with E-state index in [1.165, 1.54) is 17.8 Å². The Morgan fingerprint density at radius 1 is 1.13 bits per heavy atom. The third kappa shape index (κ3) is 3.75. The molecule has 0 saturated heterocycles. The molecule has 0 amide bonds. The summed E-state index contributed by atoms with van der Waals surface area (Å²) in [5.74, 6) is 0.873. The number of nitrogen functional groups attached to an aromatic ring is 1. The number of hydrogen-bond donors (Lipinski definition) is 2.